The fourth-order valence-corrected chi connectivity index (χ4v) is 2.23. The first-order valence-corrected chi connectivity index (χ1v) is 6.35. The second-order valence-electron chi connectivity index (χ2n) is 4.80. The molecule has 1 aliphatic heterocycles. The first-order chi connectivity index (χ1) is 9.04. The minimum Gasteiger partial charge on any atom is -0.383 e. The van der Waals surface area contributed by atoms with Crippen LogP contribution in [0.4, 0.5) is 5.69 Å². The van der Waals surface area contributed by atoms with E-state index in [1.807, 2.05) is 44.1 Å². The Kier molecular flexibility index (Phi) is 3.69. The van der Waals surface area contributed by atoms with Gasteiger partial charge in [-0.25, -0.2) is 0 Å². The zero-order chi connectivity index (χ0) is 14.0. The number of amides is 1. The van der Waals surface area contributed by atoms with E-state index in [1.54, 1.807) is 17.2 Å². The Hall–Kier alpha value is -2.10. The summed E-state index contributed by atoms with van der Waals surface area (Å²) in [7, 11) is 3.74. The highest BCUT2D eigenvalue weighted by Gasteiger charge is 2.29. The number of nitrogens with zero attached hydrogens (tertiary/aromatic N) is 2. The van der Waals surface area contributed by atoms with Gasteiger partial charge in [0, 0.05) is 37.9 Å². The Balaban J connectivity index is 2.51. The number of fused-ring (bicyclic) bond motifs is 1. The molecule has 1 heterocycles. The van der Waals surface area contributed by atoms with Crippen LogP contribution in [0.15, 0.2) is 36.0 Å². The second kappa shape index (κ2) is 5.26. The molecule has 4 heteroatoms. The number of anilines is 1. The van der Waals surface area contributed by atoms with Crippen molar-refractivity contribution in [1.29, 1.82) is 0 Å². The molecule has 100 valence electrons. The predicted molar refractivity (Wildman–Crippen MR) is 75.2 cm³/mol. The Morgan fingerprint density at radius 1 is 1.37 bits per heavy atom. The molecule has 0 saturated heterocycles. The highest BCUT2D eigenvalue weighted by Crippen LogP contribution is 2.29. The van der Waals surface area contributed by atoms with Gasteiger partial charge in [-0.1, -0.05) is 19.1 Å². The van der Waals surface area contributed by atoms with Gasteiger partial charge in [-0.15, -0.1) is 0 Å². The van der Waals surface area contributed by atoms with Crippen molar-refractivity contribution in [3.05, 3.63) is 41.6 Å². The third-order valence-corrected chi connectivity index (χ3v) is 3.08. The molecule has 0 spiro atoms. The van der Waals surface area contributed by atoms with Crippen molar-refractivity contribution in [1.82, 2.24) is 4.90 Å². The lowest BCUT2D eigenvalue weighted by Crippen LogP contribution is -2.39. The van der Waals surface area contributed by atoms with Gasteiger partial charge in [-0.05, 0) is 12.1 Å². The molecule has 1 aromatic carbocycles. The SMILES string of the molecule is CCC(=O)N1C/C(=C/N(C)C)C(=O)c2ccccc21. The normalized spacial score (nSPS) is 16.5. The molecule has 1 aromatic rings. The van der Waals surface area contributed by atoms with Gasteiger partial charge in [0.15, 0.2) is 5.78 Å². The van der Waals surface area contributed by atoms with Crippen LogP contribution in [0.25, 0.3) is 0 Å². The molecule has 0 atom stereocenters. The van der Waals surface area contributed by atoms with Gasteiger partial charge >= 0.3 is 0 Å². The number of ketones is 1. The highest BCUT2D eigenvalue weighted by molar-refractivity contribution is 6.17. The average Bonchev–Trinajstić information content (AvgIpc) is 2.40. The van der Waals surface area contributed by atoms with Gasteiger partial charge in [0.25, 0.3) is 0 Å². The molecule has 0 aromatic heterocycles. The maximum atomic E-state index is 12.4. The largest absolute Gasteiger partial charge is 0.383 e. The number of benzene rings is 1. The standard InChI is InChI=1S/C15H18N2O2/c1-4-14(18)17-10-11(9-16(2)3)15(19)12-7-5-6-8-13(12)17/h5-9H,4,10H2,1-3H3/b11-9-. The zero-order valence-corrected chi connectivity index (χ0v) is 11.5. The van der Waals surface area contributed by atoms with Gasteiger partial charge < -0.3 is 9.80 Å². The molecule has 0 fully saturated rings. The second-order valence-corrected chi connectivity index (χ2v) is 4.80. The summed E-state index contributed by atoms with van der Waals surface area (Å²) in [6.07, 6.45) is 2.21. The number of hydrogen-bond acceptors (Lipinski definition) is 3. The maximum Gasteiger partial charge on any atom is 0.227 e. The van der Waals surface area contributed by atoms with E-state index in [0.717, 1.165) is 5.69 Å². The van der Waals surface area contributed by atoms with Crippen molar-refractivity contribution in [3.63, 3.8) is 0 Å². The minimum absolute atomic E-state index is 0.00412. The number of carbonyl (C=O) groups excluding carboxylic acids is 2. The van der Waals surface area contributed by atoms with Crippen LogP contribution >= 0.6 is 0 Å². The lowest BCUT2D eigenvalue weighted by Gasteiger charge is -2.30. The van der Waals surface area contributed by atoms with Gasteiger partial charge in [0.2, 0.25) is 5.91 Å². The molecule has 0 N–H and O–H groups in total. The molecule has 4 nitrogen and oxygen atoms in total. The molecule has 0 aliphatic carbocycles. The quantitative estimate of drug-likeness (QED) is 0.762. The van der Waals surface area contributed by atoms with E-state index in [9.17, 15) is 9.59 Å². The van der Waals surface area contributed by atoms with Crippen LogP contribution in [0, 0.1) is 0 Å². The fraction of sp³-hybridized carbons (Fsp3) is 0.333. The lowest BCUT2D eigenvalue weighted by molar-refractivity contribution is -0.118. The summed E-state index contributed by atoms with van der Waals surface area (Å²) in [5.74, 6) is 0.0362. The smallest absolute Gasteiger partial charge is 0.227 e. The number of carbonyl (C=O) groups is 2. The summed E-state index contributed by atoms with van der Waals surface area (Å²) in [5, 5.41) is 0. The number of hydrogen-bond donors (Lipinski definition) is 0. The first kappa shape index (κ1) is 13.3. The molecular weight excluding hydrogens is 240 g/mol. The monoisotopic (exact) mass is 258 g/mol. The summed E-state index contributed by atoms with van der Waals surface area (Å²) in [6, 6.07) is 7.27. The van der Waals surface area contributed by atoms with E-state index in [-0.39, 0.29) is 11.7 Å². The predicted octanol–water partition coefficient (Wildman–Crippen LogP) is 2.07. The topological polar surface area (TPSA) is 40.6 Å². The van der Waals surface area contributed by atoms with Gasteiger partial charge in [0.1, 0.15) is 0 Å². The van der Waals surface area contributed by atoms with E-state index in [4.69, 9.17) is 0 Å². The summed E-state index contributed by atoms with van der Waals surface area (Å²) < 4.78 is 0. The van der Waals surface area contributed by atoms with Gasteiger partial charge in [-0.2, -0.15) is 0 Å². The summed E-state index contributed by atoms with van der Waals surface area (Å²) >= 11 is 0. The van der Waals surface area contributed by atoms with Crippen molar-refractivity contribution < 1.29 is 9.59 Å². The minimum atomic E-state index is 0.00412. The Labute approximate surface area is 113 Å². The van der Waals surface area contributed by atoms with Crippen LogP contribution in [0.1, 0.15) is 23.7 Å². The molecule has 0 bridgehead atoms. The Bertz CT molecular complexity index is 547. The third kappa shape index (κ3) is 2.52. The summed E-state index contributed by atoms with van der Waals surface area (Å²) in [6.45, 7) is 2.18. The number of para-hydroxylation sites is 1. The Morgan fingerprint density at radius 3 is 2.68 bits per heavy atom. The van der Waals surface area contributed by atoms with Crippen molar-refractivity contribution in [3.8, 4) is 0 Å². The van der Waals surface area contributed by atoms with E-state index < -0.39 is 0 Å². The Morgan fingerprint density at radius 2 is 2.05 bits per heavy atom. The molecule has 1 aliphatic rings. The lowest BCUT2D eigenvalue weighted by atomic mass is 9.96. The molecule has 19 heavy (non-hydrogen) atoms. The molecule has 0 saturated carbocycles. The van der Waals surface area contributed by atoms with Gasteiger partial charge in [-0.3, -0.25) is 9.59 Å². The van der Waals surface area contributed by atoms with Crippen LogP contribution in [0.3, 0.4) is 0 Å². The van der Waals surface area contributed by atoms with Crippen molar-refractivity contribution >= 4 is 17.4 Å². The molecule has 0 unspecified atom stereocenters. The van der Waals surface area contributed by atoms with Gasteiger partial charge in [0.05, 0.1) is 12.2 Å². The van der Waals surface area contributed by atoms with Crippen LogP contribution < -0.4 is 4.90 Å². The van der Waals surface area contributed by atoms with E-state index >= 15 is 0 Å². The van der Waals surface area contributed by atoms with Crippen LogP contribution in [-0.4, -0.2) is 37.2 Å². The van der Waals surface area contributed by atoms with Crippen LogP contribution in [0.5, 0.6) is 0 Å². The van der Waals surface area contributed by atoms with Crippen LogP contribution in [-0.2, 0) is 4.79 Å². The zero-order valence-electron chi connectivity index (χ0n) is 11.5. The summed E-state index contributed by atoms with van der Waals surface area (Å²) in [5.41, 5.74) is 1.96. The van der Waals surface area contributed by atoms with Crippen molar-refractivity contribution in [2.24, 2.45) is 0 Å². The van der Waals surface area contributed by atoms with Crippen molar-refractivity contribution in [2.75, 3.05) is 25.5 Å². The van der Waals surface area contributed by atoms with E-state index in [2.05, 4.69) is 0 Å². The van der Waals surface area contributed by atoms with Crippen LogP contribution in [0.2, 0.25) is 0 Å². The highest BCUT2D eigenvalue weighted by atomic mass is 16.2. The molecule has 1 amide bonds. The number of rotatable bonds is 2. The third-order valence-electron chi connectivity index (χ3n) is 3.08. The molecular formula is C15H18N2O2. The maximum absolute atomic E-state index is 12.4. The van der Waals surface area contributed by atoms with E-state index in [0.29, 0.717) is 24.1 Å². The molecule has 2 rings (SSSR count). The fourth-order valence-electron chi connectivity index (χ4n) is 2.23. The van der Waals surface area contributed by atoms with E-state index in [1.165, 1.54) is 0 Å². The molecule has 0 radical (unpaired) electrons. The summed E-state index contributed by atoms with van der Waals surface area (Å²) in [4.78, 5) is 27.9. The average molecular weight is 258 g/mol. The van der Waals surface area contributed by atoms with Crippen molar-refractivity contribution in [2.45, 2.75) is 13.3 Å². The number of Topliss-reactive ketones (excluding diaryl/α,β-unsaturated/α-hetero) is 1. The first-order valence-electron chi connectivity index (χ1n) is 6.35.